The number of ether oxygens (including phenoxy) is 1. The summed E-state index contributed by atoms with van der Waals surface area (Å²) in [5.41, 5.74) is 2.30. The monoisotopic (exact) mass is 381 g/mol. The van der Waals surface area contributed by atoms with Crippen LogP contribution in [0.4, 0.5) is 5.69 Å². The van der Waals surface area contributed by atoms with E-state index < -0.39 is 11.9 Å². The van der Waals surface area contributed by atoms with Crippen LogP contribution in [-0.2, 0) is 19.3 Å². The van der Waals surface area contributed by atoms with E-state index in [9.17, 15) is 9.59 Å². The molecule has 0 saturated carbocycles. The van der Waals surface area contributed by atoms with Crippen molar-refractivity contribution < 1.29 is 24.0 Å². The van der Waals surface area contributed by atoms with Gasteiger partial charge in [0.25, 0.3) is 5.96 Å². The highest BCUT2D eigenvalue weighted by atomic mass is 17.0. The molecular formula is C20H19N3O5. The number of benzene rings is 2. The second-order valence-electron chi connectivity index (χ2n) is 5.97. The smallest absolute Gasteiger partial charge is 0.360 e. The standard InChI is InChI=1S/C20H19N3O5/c1-22(2)20(23-27-18(24)11-12-19(25)28-23)21-17-13-15(26-3)9-10-16(17)14-7-5-4-6-8-14/h4-13H,1-3H3. The topological polar surface area (TPSA) is 80.7 Å². The molecule has 0 fully saturated rings. The number of rotatable bonds is 3. The molecule has 0 unspecified atom stereocenters. The van der Waals surface area contributed by atoms with Gasteiger partial charge in [-0.05, 0) is 17.7 Å². The van der Waals surface area contributed by atoms with Gasteiger partial charge in [-0.25, -0.2) is 14.6 Å². The summed E-state index contributed by atoms with van der Waals surface area (Å²) >= 11 is 0. The van der Waals surface area contributed by atoms with Crippen LogP contribution in [0.25, 0.3) is 11.1 Å². The average molecular weight is 381 g/mol. The first-order chi connectivity index (χ1) is 13.5. The molecule has 1 heterocycles. The Hall–Kier alpha value is -3.81. The maximum atomic E-state index is 11.7. The fourth-order valence-corrected chi connectivity index (χ4v) is 2.47. The normalized spacial score (nSPS) is 14.2. The zero-order chi connectivity index (χ0) is 20.1. The van der Waals surface area contributed by atoms with Gasteiger partial charge in [0, 0.05) is 43.1 Å². The van der Waals surface area contributed by atoms with Crippen LogP contribution >= 0.6 is 0 Å². The van der Waals surface area contributed by atoms with E-state index in [0.29, 0.717) is 16.7 Å². The minimum absolute atomic E-state index is 0.0934. The molecule has 0 aromatic heterocycles. The van der Waals surface area contributed by atoms with Crippen molar-refractivity contribution in [3.8, 4) is 16.9 Å². The van der Waals surface area contributed by atoms with Crippen LogP contribution in [0.5, 0.6) is 5.75 Å². The number of aliphatic imine (C=N–C) groups is 1. The molecule has 0 N–H and O–H groups in total. The van der Waals surface area contributed by atoms with E-state index in [2.05, 4.69) is 4.99 Å². The van der Waals surface area contributed by atoms with Crippen LogP contribution in [0.15, 0.2) is 65.7 Å². The SMILES string of the molecule is COc1ccc(-c2ccccc2)c(N=C(N(C)C)N2OC(=O)C=CC(=O)O2)c1. The maximum absolute atomic E-state index is 11.7. The number of carbonyl (C=O) groups is 2. The van der Waals surface area contributed by atoms with Crippen molar-refractivity contribution >= 4 is 23.6 Å². The first-order valence-corrected chi connectivity index (χ1v) is 8.39. The summed E-state index contributed by atoms with van der Waals surface area (Å²) in [6.45, 7) is 0. The highest BCUT2D eigenvalue weighted by molar-refractivity contribution is 5.95. The lowest BCUT2D eigenvalue weighted by Crippen LogP contribution is -2.41. The summed E-state index contributed by atoms with van der Waals surface area (Å²) in [7, 11) is 4.92. The van der Waals surface area contributed by atoms with Crippen molar-refractivity contribution in [2.75, 3.05) is 21.2 Å². The summed E-state index contributed by atoms with van der Waals surface area (Å²) in [4.78, 5) is 39.7. The Labute approximate surface area is 162 Å². The number of hydrogen-bond acceptors (Lipinski definition) is 6. The fourth-order valence-electron chi connectivity index (χ4n) is 2.47. The van der Waals surface area contributed by atoms with E-state index in [4.69, 9.17) is 14.4 Å². The lowest BCUT2D eigenvalue weighted by Gasteiger charge is -2.24. The van der Waals surface area contributed by atoms with Crippen LogP contribution in [0.1, 0.15) is 0 Å². The van der Waals surface area contributed by atoms with E-state index >= 15 is 0 Å². The Morgan fingerprint density at radius 3 is 2.21 bits per heavy atom. The Kier molecular flexibility index (Phi) is 5.59. The van der Waals surface area contributed by atoms with Gasteiger partial charge in [-0.3, -0.25) is 9.68 Å². The quantitative estimate of drug-likeness (QED) is 0.597. The van der Waals surface area contributed by atoms with Gasteiger partial charge < -0.3 is 9.64 Å². The summed E-state index contributed by atoms with van der Waals surface area (Å²) in [5, 5.41) is 0.693. The summed E-state index contributed by atoms with van der Waals surface area (Å²) in [6.07, 6.45) is 1.97. The van der Waals surface area contributed by atoms with E-state index in [0.717, 1.165) is 23.3 Å². The molecule has 1 aliphatic heterocycles. The third-order valence-corrected chi connectivity index (χ3v) is 3.77. The van der Waals surface area contributed by atoms with E-state index in [1.54, 1.807) is 32.2 Å². The van der Waals surface area contributed by atoms with Crippen LogP contribution in [0.3, 0.4) is 0 Å². The van der Waals surface area contributed by atoms with Crippen molar-refractivity contribution in [3.63, 3.8) is 0 Å². The molecule has 3 rings (SSSR count). The lowest BCUT2D eigenvalue weighted by molar-refractivity contribution is -0.277. The van der Waals surface area contributed by atoms with Gasteiger partial charge in [0.1, 0.15) is 5.75 Å². The van der Waals surface area contributed by atoms with Gasteiger partial charge in [0.2, 0.25) is 0 Å². The van der Waals surface area contributed by atoms with Gasteiger partial charge in [-0.2, -0.15) is 0 Å². The van der Waals surface area contributed by atoms with Crippen molar-refractivity contribution in [2.45, 2.75) is 0 Å². The second-order valence-corrected chi connectivity index (χ2v) is 5.97. The van der Waals surface area contributed by atoms with Crippen molar-refractivity contribution in [1.82, 2.24) is 10.1 Å². The first kappa shape index (κ1) is 19.0. The maximum Gasteiger partial charge on any atom is 0.360 e. The molecule has 2 aromatic rings. The molecule has 0 bridgehead atoms. The van der Waals surface area contributed by atoms with Gasteiger partial charge in [0.15, 0.2) is 0 Å². The predicted molar refractivity (Wildman–Crippen MR) is 102 cm³/mol. The van der Waals surface area contributed by atoms with E-state index in [1.165, 1.54) is 0 Å². The molecule has 0 saturated heterocycles. The fraction of sp³-hybridized carbons (Fsp3) is 0.150. The molecular weight excluding hydrogens is 362 g/mol. The summed E-state index contributed by atoms with van der Waals surface area (Å²) in [5.74, 6) is -0.817. The summed E-state index contributed by atoms with van der Waals surface area (Å²) in [6, 6.07) is 15.1. The number of hydrogen-bond donors (Lipinski definition) is 0. The number of guanidine groups is 1. The zero-order valence-corrected chi connectivity index (χ0v) is 15.7. The molecule has 0 radical (unpaired) electrons. The third kappa shape index (κ3) is 4.29. The molecule has 0 spiro atoms. The number of methoxy groups -OCH3 is 1. The predicted octanol–water partition coefficient (Wildman–Crippen LogP) is 2.70. The number of carbonyl (C=O) groups excluding carboxylic acids is 2. The highest BCUT2D eigenvalue weighted by Crippen LogP contribution is 2.34. The minimum atomic E-state index is -0.755. The van der Waals surface area contributed by atoms with E-state index in [1.807, 2.05) is 42.5 Å². The minimum Gasteiger partial charge on any atom is -0.497 e. The number of hydroxylamine groups is 2. The van der Waals surface area contributed by atoms with Crippen molar-refractivity contribution in [3.05, 3.63) is 60.7 Å². The summed E-state index contributed by atoms with van der Waals surface area (Å²) < 4.78 is 5.31. The third-order valence-electron chi connectivity index (χ3n) is 3.77. The van der Waals surface area contributed by atoms with Gasteiger partial charge in [0.05, 0.1) is 12.8 Å². The molecule has 8 heteroatoms. The van der Waals surface area contributed by atoms with Crippen molar-refractivity contribution in [1.29, 1.82) is 0 Å². The zero-order valence-electron chi connectivity index (χ0n) is 15.7. The lowest BCUT2D eigenvalue weighted by atomic mass is 10.0. The molecule has 8 nitrogen and oxygen atoms in total. The average Bonchev–Trinajstić information content (AvgIpc) is 2.86. The second kappa shape index (κ2) is 8.26. The highest BCUT2D eigenvalue weighted by Gasteiger charge is 2.25. The number of nitrogens with zero attached hydrogens (tertiary/aromatic N) is 3. The Bertz CT molecular complexity index is 918. The molecule has 0 aliphatic carbocycles. The van der Waals surface area contributed by atoms with Crippen LogP contribution in [0, 0.1) is 0 Å². The van der Waals surface area contributed by atoms with Gasteiger partial charge in [-0.15, -0.1) is 0 Å². The molecule has 28 heavy (non-hydrogen) atoms. The Morgan fingerprint density at radius 2 is 1.64 bits per heavy atom. The van der Waals surface area contributed by atoms with Crippen LogP contribution < -0.4 is 4.74 Å². The van der Waals surface area contributed by atoms with E-state index in [-0.39, 0.29) is 5.96 Å². The first-order valence-electron chi connectivity index (χ1n) is 8.39. The van der Waals surface area contributed by atoms with Crippen LogP contribution in [0.2, 0.25) is 0 Å². The molecule has 2 aromatic carbocycles. The molecule has 0 amide bonds. The van der Waals surface area contributed by atoms with Gasteiger partial charge >= 0.3 is 11.9 Å². The molecule has 0 atom stereocenters. The Balaban J connectivity index is 2.10. The van der Waals surface area contributed by atoms with Crippen molar-refractivity contribution in [2.24, 2.45) is 4.99 Å². The van der Waals surface area contributed by atoms with Crippen LogP contribution in [-0.4, -0.2) is 49.2 Å². The Morgan fingerprint density at radius 1 is 1.00 bits per heavy atom. The molecule has 1 aliphatic rings. The largest absolute Gasteiger partial charge is 0.497 e. The molecule has 144 valence electrons. The van der Waals surface area contributed by atoms with Gasteiger partial charge in [-0.1, -0.05) is 30.3 Å².